The second kappa shape index (κ2) is 8.65. The van der Waals surface area contributed by atoms with Crippen LogP contribution in [0.5, 0.6) is 17.2 Å². The topological polar surface area (TPSA) is 73.9 Å². The number of carbonyl (C=O) groups excluding carboxylic acids is 2. The van der Waals surface area contributed by atoms with Crippen molar-refractivity contribution in [2.24, 2.45) is 0 Å². The summed E-state index contributed by atoms with van der Waals surface area (Å²) in [5.74, 6) is 0.374. The van der Waals surface area contributed by atoms with Gasteiger partial charge in [0.05, 0.1) is 10.7 Å². The molecular weight excluding hydrogens is 429 g/mol. The molecule has 0 aliphatic carbocycles. The zero-order valence-electron chi connectivity index (χ0n) is 15.4. The van der Waals surface area contributed by atoms with Crippen molar-refractivity contribution in [2.45, 2.75) is 6.10 Å². The van der Waals surface area contributed by atoms with Crippen LogP contribution in [0.2, 0.25) is 10.0 Å². The maximum atomic E-state index is 12.4. The largest absolute Gasteiger partial charge is 0.485 e. The Balaban J connectivity index is 1.38. The molecule has 0 saturated heterocycles. The van der Waals surface area contributed by atoms with Crippen molar-refractivity contribution in [3.05, 3.63) is 82.3 Å². The van der Waals surface area contributed by atoms with Gasteiger partial charge in [-0.3, -0.25) is 4.79 Å². The number of anilines is 1. The minimum absolute atomic E-state index is 0.0523. The van der Waals surface area contributed by atoms with E-state index in [2.05, 4.69) is 5.32 Å². The first-order chi connectivity index (χ1) is 14.5. The van der Waals surface area contributed by atoms with Crippen LogP contribution in [-0.2, 0) is 4.79 Å². The number of hydrogen-bond acceptors (Lipinski definition) is 5. The van der Waals surface area contributed by atoms with E-state index in [1.54, 1.807) is 36.4 Å². The number of nitrogens with one attached hydrogen (secondary N) is 1. The fourth-order valence-corrected chi connectivity index (χ4v) is 3.12. The summed E-state index contributed by atoms with van der Waals surface area (Å²) in [6.45, 7) is 0.0523. The summed E-state index contributed by atoms with van der Waals surface area (Å²) in [6, 6.07) is 18.0. The molecule has 1 heterocycles. The lowest BCUT2D eigenvalue weighted by molar-refractivity contribution is -0.144. The molecule has 0 bridgehead atoms. The quantitative estimate of drug-likeness (QED) is 0.454. The summed E-state index contributed by atoms with van der Waals surface area (Å²) < 4.78 is 16.5. The van der Waals surface area contributed by atoms with Gasteiger partial charge in [-0.2, -0.15) is 0 Å². The number of hydrogen-bond donors (Lipinski definition) is 1. The third kappa shape index (κ3) is 4.50. The zero-order valence-corrected chi connectivity index (χ0v) is 16.9. The fraction of sp³-hybridized carbons (Fsp3) is 0.0909. The third-order valence-electron chi connectivity index (χ3n) is 4.28. The molecule has 6 nitrogen and oxygen atoms in total. The van der Waals surface area contributed by atoms with Gasteiger partial charge >= 0.3 is 5.97 Å². The van der Waals surface area contributed by atoms with E-state index >= 15 is 0 Å². The minimum Gasteiger partial charge on any atom is -0.485 e. The fourth-order valence-electron chi connectivity index (χ4n) is 2.78. The highest BCUT2D eigenvalue weighted by Crippen LogP contribution is 2.31. The summed E-state index contributed by atoms with van der Waals surface area (Å²) in [6.07, 6.45) is -0.882. The number of esters is 1. The standard InChI is InChI=1S/C22H15Cl2NO5/c23-14-7-10-16(24)17(11-14)25-21(26)13-5-8-15(9-6-13)29-22(27)20-12-28-18-3-1-2-4-19(18)30-20/h1-11,20H,12H2,(H,25,26). The second-order valence-electron chi connectivity index (χ2n) is 6.39. The number of amides is 1. The van der Waals surface area contributed by atoms with Crippen LogP contribution < -0.4 is 19.5 Å². The molecule has 3 aromatic rings. The van der Waals surface area contributed by atoms with Crippen molar-refractivity contribution < 1.29 is 23.8 Å². The molecule has 0 spiro atoms. The van der Waals surface area contributed by atoms with Gasteiger partial charge in [0.25, 0.3) is 5.91 Å². The van der Waals surface area contributed by atoms with E-state index in [0.717, 1.165) is 0 Å². The lowest BCUT2D eigenvalue weighted by Crippen LogP contribution is -2.39. The van der Waals surface area contributed by atoms with Gasteiger partial charge in [0.15, 0.2) is 11.5 Å². The summed E-state index contributed by atoms with van der Waals surface area (Å²) in [4.78, 5) is 24.8. The van der Waals surface area contributed by atoms with Gasteiger partial charge in [0, 0.05) is 10.6 Å². The van der Waals surface area contributed by atoms with Crippen molar-refractivity contribution in [3.63, 3.8) is 0 Å². The first-order valence-electron chi connectivity index (χ1n) is 8.96. The van der Waals surface area contributed by atoms with E-state index < -0.39 is 12.1 Å². The van der Waals surface area contributed by atoms with Crippen molar-refractivity contribution >= 4 is 40.8 Å². The number of ether oxygens (including phenoxy) is 3. The van der Waals surface area contributed by atoms with E-state index in [9.17, 15) is 9.59 Å². The molecule has 152 valence electrons. The molecule has 1 N–H and O–H groups in total. The summed E-state index contributed by atoms with van der Waals surface area (Å²) in [5.41, 5.74) is 0.761. The van der Waals surface area contributed by atoms with Crippen LogP contribution >= 0.6 is 23.2 Å². The Morgan fingerprint density at radius 3 is 2.47 bits per heavy atom. The van der Waals surface area contributed by atoms with Crippen LogP contribution in [0, 0.1) is 0 Å². The number of carbonyl (C=O) groups is 2. The van der Waals surface area contributed by atoms with E-state index in [1.165, 1.54) is 24.3 Å². The number of rotatable bonds is 4. The molecule has 1 amide bonds. The molecule has 3 aromatic carbocycles. The molecule has 1 unspecified atom stereocenters. The molecule has 8 heteroatoms. The summed E-state index contributed by atoms with van der Waals surface area (Å²) in [7, 11) is 0. The predicted molar refractivity (Wildman–Crippen MR) is 113 cm³/mol. The van der Waals surface area contributed by atoms with Gasteiger partial charge in [0.1, 0.15) is 12.4 Å². The van der Waals surface area contributed by atoms with Crippen molar-refractivity contribution in [1.82, 2.24) is 0 Å². The Bertz CT molecular complexity index is 1100. The Labute approximate surface area is 182 Å². The van der Waals surface area contributed by atoms with E-state index in [1.807, 2.05) is 6.07 Å². The van der Waals surface area contributed by atoms with Crippen molar-refractivity contribution in [3.8, 4) is 17.2 Å². The van der Waals surface area contributed by atoms with Gasteiger partial charge in [-0.1, -0.05) is 35.3 Å². The molecule has 1 aliphatic heterocycles. The van der Waals surface area contributed by atoms with Crippen LogP contribution in [0.3, 0.4) is 0 Å². The minimum atomic E-state index is -0.882. The Kier molecular flexibility index (Phi) is 5.79. The lowest BCUT2D eigenvalue weighted by Gasteiger charge is -2.24. The molecular formula is C22H15Cl2NO5. The van der Waals surface area contributed by atoms with E-state index in [-0.39, 0.29) is 18.3 Å². The van der Waals surface area contributed by atoms with Gasteiger partial charge < -0.3 is 19.5 Å². The number of fused-ring (bicyclic) bond motifs is 1. The van der Waals surface area contributed by atoms with Crippen LogP contribution in [0.25, 0.3) is 0 Å². The zero-order chi connectivity index (χ0) is 21.1. The maximum absolute atomic E-state index is 12.4. The number of para-hydroxylation sites is 2. The van der Waals surface area contributed by atoms with Gasteiger partial charge in [-0.15, -0.1) is 0 Å². The Morgan fingerprint density at radius 2 is 1.70 bits per heavy atom. The molecule has 1 atom stereocenters. The van der Waals surface area contributed by atoms with Gasteiger partial charge in [0.2, 0.25) is 6.10 Å². The highest BCUT2D eigenvalue weighted by atomic mass is 35.5. The predicted octanol–water partition coefficient (Wildman–Crippen LogP) is 4.99. The van der Waals surface area contributed by atoms with Crippen LogP contribution in [-0.4, -0.2) is 24.6 Å². The monoisotopic (exact) mass is 443 g/mol. The molecule has 0 aromatic heterocycles. The Morgan fingerprint density at radius 1 is 0.967 bits per heavy atom. The van der Waals surface area contributed by atoms with Gasteiger partial charge in [-0.25, -0.2) is 4.79 Å². The van der Waals surface area contributed by atoms with Crippen LogP contribution in [0.15, 0.2) is 66.7 Å². The summed E-state index contributed by atoms with van der Waals surface area (Å²) in [5, 5.41) is 3.51. The van der Waals surface area contributed by atoms with Gasteiger partial charge in [-0.05, 0) is 54.6 Å². The number of benzene rings is 3. The average Bonchev–Trinajstić information content (AvgIpc) is 2.76. The highest BCUT2D eigenvalue weighted by molar-refractivity contribution is 6.35. The van der Waals surface area contributed by atoms with Crippen molar-refractivity contribution in [2.75, 3.05) is 11.9 Å². The molecule has 4 rings (SSSR count). The van der Waals surface area contributed by atoms with Crippen molar-refractivity contribution in [1.29, 1.82) is 0 Å². The van der Waals surface area contributed by atoms with E-state index in [0.29, 0.717) is 32.8 Å². The molecule has 0 fully saturated rings. The molecule has 0 saturated carbocycles. The lowest BCUT2D eigenvalue weighted by atomic mass is 10.2. The first-order valence-corrected chi connectivity index (χ1v) is 9.72. The first kappa shape index (κ1) is 20.1. The molecule has 0 radical (unpaired) electrons. The van der Waals surface area contributed by atoms with E-state index in [4.69, 9.17) is 37.4 Å². The smallest absolute Gasteiger partial charge is 0.356 e. The average molecular weight is 444 g/mol. The number of halogens is 2. The third-order valence-corrected chi connectivity index (χ3v) is 4.85. The molecule has 30 heavy (non-hydrogen) atoms. The SMILES string of the molecule is O=C(Nc1cc(Cl)ccc1Cl)c1ccc(OC(=O)C2COc3ccccc3O2)cc1. The van der Waals surface area contributed by atoms with Crippen LogP contribution in [0.4, 0.5) is 5.69 Å². The Hall–Kier alpha value is -3.22. The normalized spacial score (nSPS) is 14.7. The van der Waals surface area contributed by atoms with Crippen LogP contribution in [0.1, 0.15) is 10.4 Å². The second-order valence-corrected chi connectivity index (χ2v) is 7.23. The highest BCUT2D eigenvalue weighted by Gasteiger charge is 2.29. The summed E-state index contributed by atoms with van der Waals surface area (Å²) >= 11 is 12.0. The maximum Gasteiger partial charge on any atom is 0.356 e. The molecule has 1 aliphatic rings.